The first-order valence-electron chi connectivity index (χ1n) is 5.18. The number of carbonyl (C=O) groups is 1. The summed E-state index contributed by atoms with van der Waals surface area (Å²) in [7, 11) is 0. The number of aromatic nitrogens is 1. The van der Waals surface area contributed by atoms with Gasteiger partial charge in [0.25, 0.3) is 0 Å². The molecular weight excluding hydrogens is 240 g/mol. The Bertz CT molecular complexity index is 479. The van der Waals surface area contributed by atoms with Crippen LogP contribution in [0.25, 0.3) is 10.8 Å². The highest BCUT2D eigenvalue weighted by molar-refractivity contribution is 7.13. The second-order valence-electron chi connectivity index (χ2n) is 3.26. The number of nitrogens with zero attached hydrogens (tertiary/aromatic N) is 1. The lowest BCUT2D eigenvalue weighted by Gasteiger charge is -2.00. The van der Waals surface area contributed by atoms with Gasteiger partial charge in [-0.25, -0.2) is 10.5 Å². The van der Waals surface area contributed by atoms with Crippen LogP contribution in [0.4, 0.5) is 0 Å². The van der Waals surface area contributed by atoms with Crippen LogP contribution in [0.3, 0.4) is 0 Å². The highest BCUT2D eigenvalue weighted by Gasteiger charge is 2.10. The summed E-state index contributed by atoms with van der Waals surface area (Å²) in [6, 6.07) is 3.64. The molecule has 0 radical (unpaired) electrons. The van der Waals surface area contributed by atoms with Crippen LogP contribution in [0.5, 0.6) is 0 Å². The summed E-state index contributed by atoms with van der Waals surface area (Å²) in [5.74, 6) is 0.509. The lowest BCUT2D eigenvalue weighted by atomic mass is 10.3. The third-order valence-electron chi connectivity index (χ3n) is 1.96. The van der Waals surface area contributed by atoms with E-state index in [2.05, 4.69) is 10.5 Å². The van der Waals surface area contributed by atoms with E-state index in [1.54, 1.807) is 19.3 Å². The molecule has 17 heavy (non-hydrogen) atoms. The zero-order valence-corrected chi connectivity index (χ0v) is 10.1. The quantitative estimate of drug-likeness (QED) is 0.827. The van der Waals surface area contributed by atoms with Gasteiger partial charge in [-0.2, -0.15) is 0 Å². The van der Waals surface area contributed by atoms with Gasteiger partial charge in [0.2, 0.25) is 5.91 Å². The van der Waals surface area contributed by atoms with Crippen molar-refractivity contribution in [1.29, 1.82) is 0 Å². The van der Waals surface area contributed by atoms with Crippen molar-refractivity contribution in [3.63, 3.8) is 0 Å². The van der Waals surface area contributed by atoms with E-state index in [4.69, 9.17) is 9.25 Å². The average molecular weight is 252 g/mol. The predicted octanol–water partition coefficient (Wildman–Crippen LogP) is 2.01. The molecule has 2 aromatic rings. The van der Waals surface area contributed by atoms with Crippen molar-refractivity contribution >= 4 is 17.2 Å². The minimum Gasteiger partial charge on any atom is -0.462 e. The van der Waals surface area contributed by atoms with Crippen molar-refractivity contribution < 1.29 is 14.0 Å². The van der Waals surface area contributed by atoms with E-state index in [9.17, 15) is 4.79 Å². The molecule has 0 saturated heterocycles. The number of rotatable bonds is 5. The molecule has 0 atom stereocenters. The van der Waals surface area contributed by atoms with Gasteiger partial charge in [0.1, 0.15) is 0 Å². The Morgan fingerprint density at radius 3 is 3.24 bits per heavy atom. The van der Waals surface area contributed by atoms with E-state index in [1.807, 2.05) is 11.4 Å². The standard InChI is InChI=1S/C11H12N2O3S/c1-2-16-13-10(14)6-8-7-17-11(12-8)9-4-3-5-15-9/h3-5,7H,2,6H2,1H3,(H,13,14). The number of carbonyl (C=O) groups excluding carboxylic acids is 1. The maximum absolute atomic E-state index is 11.4. The van der Waals surface area contributed by atoms with Crippen LogP contribution >= 0.6 is 11.3 Å². The summed E-state index contributed by atoms with van der Waals surface area (Å²) in [5, 5.41) is 2.61. The van der Waals surface area contributed by atoms with Crippen molar-refractivity contribution in [2.45, 2.75) is 13.3 Å². The first-order chi connectivity index (χ1) is 8.29. The molecule has 90 valence electrons. The maximum atomic E-state index is 11.4. The molecule has 1 N–H and O–H groups in total. The second kappa shape index (κ2) is 5.60. The third kappa shape index (κ3) is 3.15. The topological polar surface area (TPSA) is 64.4 Å². The van der Waals surface area contributed by atoms with Crippen molar-refractivity contribution in [2.75, 3.05) is 6.61 Å². The minimum absolute atomic E-state index is 0.205. The van der Waals surface area contributed by atoms with Gasteiger partial charge in [0, 0.05) is 5.38 Å². The molecule has 1 amide bonds. The van der Waals surface area contributed by atoms with Crippen LogP contribution in [0, 0.1) is 0 Å². The van der Waals surface area contributed by atoms with Gasteiger partial charge < -0.3 is 4.42 Å². The molecule has 0 aromatic carbocycles. The van der Waals surface area contributed by atoms with E-state index >= 15 is 0 Å². The molecule has 2 rings (SSSR count). The van der Waals surface area contributed by atoms with E-state index in [0.717, 1.165) is 5.01 Å². The fourth-order valence-electron chi connectivity index (χ4n) is 1.25. The van der Waals surface area contributed by atoms with Crippen LogP contribution in [-0.2, 0) is 16.1 Å². The van der Waals surface area contributed by atoms with E-state index in [1.165, 1.54) is 11.3 Å². The molecule has 0 aliphatic rings. The molecule has 0 fully saturated rings. The Labute approximate surface area is 102 Å². The normalized spacial score (nSPS) is 10.4. The number of nitrogens with one attached hydrogen (secondary N) is 1. The zero-order chi connectivity index (χ0) is 12.1. The van der Waals surface area contributed by atoms with E-state index in [-0.39, 0.29) is 12.3 Å². The maximum Gasteiger partial charge on any atom is 0.249 e. The summed E-state index contributed by atoms with van der Waals surface area (Å²) >= 11 is 1.45. The minimum atomic E-state index is -0.205. The number of amides is 1. The fraction of sp³-hybridized carbons (Fsp3) is 0.273. The predicted molar refractivity (Wildman–Crippen MR) is 63.3 cm³/mol. The number of furan rings is 1. The summed E-state index contributed by atoms with van der Waals surface area (Å²) in [4.78, 5) is 20.5. The van der Waals surface area contributed by atoms with Crippen molar-refractivity contribution in [1.82, 2.24) is 10.5 Å². The second-order valence-corrected chi connectivity index (χ2v) is 4.11. The van der Waals surface area contributed by atoms with Crippen LogP contribution in [0.15, 0.2) is 28.2 Å². The smallest absolute Gasteiger partial charge is 0.249 e. The molecule has 5 nitrogen and oxygen atoms in total. The first-order valence-corrected chi connectivity index (χ1v) is 6.06. The molecular formula is C11H12N2O3S. The van der Waals surface area contributed by atoms with E-state index in [0.29, 0.717) is 18.1 Å². The summed E-state index contributed by atoms with van der Waals surface area (Å²) in [5.41, 5.74) is 3.03. The fourth-order valence-corrected chi connectivity index (χ4v) is 2.04. The first kappa shape index (κ1) is 11.8. The van der Waals surface area contributed by atoms with Crippen molar-refractivity contribution in [3.05, 3.63) is 29.5 Å². The largest absolute Gasteiger partial charge is 0.462 e. The number of hydrogen-bond acceptors (Lipinski definition) is 5. The Hall–Kier alpha value is -1.66. The van der Waals surface area contributed by atoms with Crippen LogP contribution in [0.1, 0.15) is 12.6 Å². The number of hydroxylamine groups is 1. The Kier molecular flexibility index (Phi) is 3.89. The third-order valence-corrected chi connectivity index (χ3v) is 2.86. The molecule has 0 saturated carbocycles. The summed E-state index contributed by atoms with van der Waals surface area (Å²) in [6.07, 6.45) is 1.80. The Balaban J connectivity index is 1.97. The molecule has 0 aliphatic carbocycles. The summed E-state index contributed by atoms with van der Waals surface area (Å²) in [6.45, 7) is 2.25. The molecule has 6 heteroatoms. The summed E-state index contributed by atoms with van der Waals surface area (Å²) < 4.78 is 5.23. The van der Waals surface area contributed by atoms with Gasteiger partial charge in [-0.3, -0.25) is 9.63 Å². The average Bonchev–Trinajstić information content (AvgIpc) is 2.95. The molecule has 2 aromatic heterocycles. The van der Waals surface area contributed by atoms with Gasteiger partial charge in [0.15, 0.2) is 10.8 Å². The zero-order valence-electron chi connectivity index (χ0n) is 9.30. The van der Waals surface area contributed by atoms with Gasteiger partial charge in [-0.05, 0) is 19.1 Å². The van der Waals surface area contributed by atoms with Crippen LogP contribution in [-0.4, -0.2) is 17.5 Å². The molecule has 2 heterocycles. The van der Waals surface area contributed by atoms with Crippen LogP contribution < -0.4 is 5.48 Å². The Morgan fingerprint density at radius 2 is 2.53 bits per heavy atom. The molecule has 0 unspecified atom stereocenters. The van der Waals surface area contributed by atoms with E-state index < -0.39 is 0 Å². The number of thiazole rings is 1. The highest BCUT2D eigenvalue weighted by Crippen LogP contribution is 2.23. The molecule has 0 spiro atoms. The van der Waals surface area contributed by atoms with Crippen molar-refractivity contribution in [3.8, 4) is 10.8 Å². The van der Waals surface area contributed by atoms with Gasteiger partial charge in [-0.1, -0.05) is 0 Å². The van der Waals surface area contributed by atoms with Gasteiger partial charge in [0.05, 0.1) is 25.0 Å². The monoisotopic (exact) mass is 252 g/mol. The molecule has 0 aliphatic heterocycles. The lowest BCUT2D eigenvalue weighted by molar-refractivity contribution is -0.132. The van der Waals surface area contributed by atoms with Crippen LogP contribution in [0.2, 0.25) is 0 Å². The Morgan fingerprint density at radius 1 is 1.65 bits per heavy atom. The van der Waals surface area contributed by atoms with Gasteiger partial charge in [-0.15, -0.1) is 11.3 Å². The lowest BCUT2D eigenvalue weighted by Crippen LogP contribution is -2.25. The van der Waals surface area contributed by atoms with Gasteiger partial charge >= 0.3 is 0 Å². The molecule has 0 bridgehead atoms. The van der Waals surface area contributed by atoms with Crippen molar-refractivity contribution in [2.24, 2.45) is 0 Å². The SMILES string of the molecule is CCONC(=O)Cc1csc(-c2ccco2)n1. The highest BCUT2D eigenvalue weighted by atomic mass is 32.1. The number of hydrogen-bond donors (Lipinski definition) is 1.